The van der Waals surface area contributed by atoms with Crippen LogP contribution < -0.4 is 0 Å². The van der Waals surface area contributed by atoms with Crippen LogP contribution in [0.5, 0.6) is 0 Å². The lowest BCUT2D eigenvalue weighted by Gasteiger charge is -2.23. The third-order valence-electron chi connectivity index (χ3n) is 4.11. The van der Waals surface area contributed by atoms with Crippen molar-refractivity contribution in [1.82, 2.24) is 9.46 Å². The van der Waals surface area contributed by atoms with E-state index in [2.05, 4.69) is 5.16 Å². The fraction of sp³-hybridized carbons (Fsp3) is 0.438. The zero-order valence-corrected chi connectivity index (χ0v) is 13.9. The van der Waals surface area contributed by atoms with Crippen molar-refractivity contribution in [3.63, 3.8) is 0 Å². The minimum Gasteiger partial charge on any atom is -0.359 e. The molecule has 22 heavy (non-hydrogen) atoms. The van der Waals surface area contributed by atoms with E-state index in [4.69, 9.17) is 4.52 Å². The third kappa shape index (κ3) is 2.57. The Hall–Kier alpha value is -1.66. The van der Waals surface area contributed by atoms with Gasteiger partial charge >= 0.3 is 0 Å². The molecule has 2 aromatic rings. The number of hydrogen-bond acceptors (Lipinski definition) is 4. The summed E-state index contributed by atoms with van der Waals surface area (Å²) in [6, 6.07) is 7.08. The molecule has 0 amide bonds. The van der Waals surface area contributed by atoms with Crippen molar-refractivity contribution in [1.29, 1.82) is 0 Å². The van der Waals surface area contributed by atoms with E-state index >= 15 is 0 Å². The predicted octanol–water partition coefficient (Wildman–Crippen LogP) is 3.13. The average molecular weight is 320 g/mol. The minimum absolute atomic E-state index is 0.258. The number of benzene rings is 1. The highest BCUT2D eigenvalue weighted by atomic mass is 32.2. The molecule has 1 aromatic heterocycles. The summed E-state index contributed by atoms with van der Waals surface area (Å²) < 4.78 is 33.0. The number of aryl methyl sites for hydroxylation is 3. The number of hydrogen-bond donors (Lipinski definition) is 0. The number of nitrogens with zero attached hydrogens (tertiary/aromatic N) is 2. The lowest BCUT2D eigenvalue weighted by Crippen LogP contribution is -2.31. The maximum Gasteiger partial charge on any atom is 0.244 e. The fourth-order valence-electron chi connectivity index (χ4n) is 2.96. The molecule has 3 rings (SSSR count). The van der Waals surface area contributed by atoms with E-state index in [9.17, 15) is 8.42 Å². The van der Waals surface area contributed by atoms with Gasteiger partial charge < -0.3 is 4.52 Å². The van der Waals surface area contributed by atoms with Gasteiger partial charge in [0.1, 0.15) is 0 Å². The van der Waals surface area contributed by atoms with Gasteiger partial charge in [-0.3, -0.25) is 0 Å². The van der Waals surface area contributed by atoms with Crippen molar-refractivity contribution in [2.24, 2.45) is 0 Å². The molecule has 1 aliphatic heterocycles. The minimum atomic E-state index is -3.53. The molecular formula is C16H20N2O3S. The molecule has 0 radical (unpaired) electrons. The highest BCUT2D eigenvalue weighted by molar-refractivity contribution is 7.89. The lowest BCUT2D eigenvalue weighted by atomic mass is 10.2. The first-order chi connectivity index (χ1) is 10.4. The Morgan fingerprint density at radius 3 is 2.68 bits per heavy atom. The molecule has 5 nitrogen and oxygen atoms in total. The first-order valence-corrected chi connectivity index (χ1v) is 8.86. The van der Waals surface area contributed by atoms with Crippen molar-refractivity contribution in [2.45, 2.75) is 44.6 Å². The molecule has 0 saturated carbocycles. The van der Waals surface area contributed by atoms with Gasteiger partial charge in [0.2, 0.25) is 10.0 Å². The van der Waals surface area contributed by atoms with Crippen molar-refractivity contribution >= 4 is 10.0 Å². The number of rotatable bonds is 3. The van der Waals surface area contributed by atoms with Gasteiger partial charge in [0.15, 0.2) is 5.76 Å². The number of sulfonamides is 1. The van der Waals surface area contributed by atoms with E-state index in [1.54, 1.807) is 10.4 Å². The van der Waals surface area contributed by atoms with Crippen LogP contribution in [-0.4, -0.2) is 24.4 Å². The molecule has 0 bridgehead atoms. The molecule has 1 fully saturated rings. The van der Waals surface area contributed by atoms with Gasteiger partial charge in [-0.2, -0.15) is 4.31 Å². The second kappa shape index (κ2) is 5.52. The molecule has 6 heteroatoms. The standard InChI is InChI=1S/C16H20N2O3S/c1-11-6-7-12(2)16(9-11)22(19,20)18-8-4-5-14(18)15-10-13(3)17-21-15/h6-7,9-10,14H,4-5,8H2,1-3H3. The van der Waals surface area contributed by atoms with E-state index in [-0.39, 0.29) is 6.04 Å². The smallest absolute Gasteiger partial charge is 0.244 e. The van der Waals surface area contributed by atoms with Gasteiger partial charge in [-0.05, 0) is 50.8 Å². The largest absolute Gasteiger partial charge is 0.359 e. The SMILES string of the molecule is Cc1ccc(C)c(S(=O)(=O)N2CCCC2c2cc(C)no2)c1. The molecular weight excluding hydrogens is 300 g/mol. The van der Waals surface area contributed by atoms with Crippen molar-refractivity contribution in [2.75, 3.05) is 6.54 Å². The lowest BCUT2D eigenvalue weighted by molar-refractivity contribution is 0.297. The normalized spacial score (nSPS) is 19.7. The Morgan fingerprint density at radius 1 is 1.23 bits per heavy atom. The van der Waals surface area contributed by atoms with E-state index in [0.29, 0.717) is 17.2 Å². The zero-order chi connectivity index (χ0) is 15.9. The average Bonchev–Trinajstić information content (AvgIpc) is 3.09. The van der Waals surface area contributed by atoms with E-state index < -0.39 is 10.0 Å². The Balaban J connectivity index is 2.02. The van der Waals surface area contributed by atoms with Crippen LogP contribution in [0.15, 0.2) is 33.7 Å². The van der Waals surface area contributed by atoms with Gasteiger partial charge in [0.05, 0.1) is 16.6 Å². The van der Waals surface area contributed by atoms with Gasteiger partial charge in [-0.1, -0.05) is 17.3 Å². The summed E-state index contributed by atoms with van der Waals surface area (Å²) in [4.78, 5) is 0.385. The van der Waals surface area contributed by atoms with Crippen LogP contribution in [0, 0.1) is 20.8 Å². The molecule has 0 N–H and O–H groups in total. The third-order valence-corrected chi connectivity index (χ3v) is 6.16. The first-order valence-electron chi connectivity index (χ1n) is 7.42. The Bertz CT molecular complexity index is 795. The summed E-state index contributed by atoms with van der Waals surface area (Å²) in [5.74, 6) is 0.629. The van der Waals surface area contributed by atoms with Crippen LogP contribution in [0.4, 0.5) is 0 Å². The molecule has 1 aromatic carbocycles. The molecule has 118 valence electrons. The predicted molar refractivity (Wildman–Crippen MR) is 83.0 cm³/mol. The molecule has 0 aliphatic carbocycles. The second-order valence-electron chi connectivity index (χ2n) is 5.91. The maximum absolute atomic E-state index is 13.1. The van der Waals surface area contributed by atoms with Crippen LogP contribution in [0.1, 0.15) is 41.5 Å². The molecule has 1 unspecified atom stereocenters. The fourth-order valence-corrected chi connectivity index (χ4v) is 4.94. The van der Waals surface area contributed by atoms with E-state index in [1.807, 2.05) is 39.0 Å². The van der Waals surface area contributed by atoms with Gasteiger partial charge in [0, 0.05) is 12.6 Å². The Kier molecular flexibility index (Phi) is 3.82. The highest BCUT2D eigenvalue weighted by Gasteiger charge is 2.38. The molecule has 2 heterocycles. The maximum atomic E-state index is 13.1. The number of aromatic nitrogens is 1. The van der Waals surface area contributed by atoms with Crippen LogP contribution in [0.3, 0.4) is 0 Å². The topological polar surface area (TPSA) is 63.4 Å². The monoisotopic (exact) mass is 320 g/mol. The quantitative estimate of drug-likeness (QED) is 0.871. The van der Waals surface area contributed by atoms with Crippen molar-refractivity contribution in [3.05, 3.63) is 46.8 Å². The summed E-state index contributed by atoms with van der Waals surface area (Å²) in [6.45, 7) is 6.08. The molecule has 1 aliphatic rings. The summed E-state index contributed by atoms with van der Waals surface area (Å²) in [5, 5.41) is 3.89. The summed E-state index contributed by atoms with van der Waals surface area (Å²) >= 11 is 0. The molecule has 1 atom stereocenters. The Labute approximate surface area is 131 Å². The van der Waals surface area contributed by atoms with Crippen LogP contribution in [0.2, 0.25) is 0 Å². The van der Waals surface area contributed by atoms with Crippen LogP contribution in [-0.2, 0) is 10.0 Å². The molecule has 1 saturated heterocycles. The summed E-state index contributed by atoms with van der Waals surface area (Å²) in [5.41, 5.74) is 2.48. The van der Waals surface area contributed by atoms with Crippen molar-refractivity contribution < 1.29 is 12.9 Å². The first kappa shape index (κ1) is 15.2. The van der Waals surface area contributed by atoms with Crippen LogP contribution in [0.25, 0.3) is 0 Å². The molecule has 0 spiro atoms. The van der Waals surface area contributed by atoms with Gasteiger partial charge in [-0.25, -0.2) is 8.42 Å². The van der Waals surface area contributed by atoms with E-state index in [0.717, 1.165) is 29.7 Å². The zero-order valence-electron chi connectivity index (χ0n) is 13.0. The van der Waals surface area contributed by atoms with E-state index in [1.165, 1.54) is 0 Å². The van der Waals surface area contributed by atoms with Crippen molar-refractivity contribution in [3.8, 4) is 0 Å². The van der Waals surface area contributed by atoms with Gasteiger partial charge in [-0.15, -0.1) is 0 Å². The Morgan fingerprint density at radius 2 is 2.00 bits per heavy atom. The summed E-state index contributed by atoms with van der Waals surface area (Å²) in [7, 11) is -3.53. The van der Waals surface area contributed by atoms with Gasteiger partial charge in [0.25, 0.3) is 0 Å². The highest BCUT2D eigenvalue weighted by Crippen LogP contribution is 2.37. The second-order valence-corrected chi connectivity index (χ2v) is 7.77. The summed E-state index contributed by atoms with van der Waals surface area (Å²) in [6.07, 6.45) is 1.59. The van der Waals surface area contributed by atoms with Crippen LogP contribution >= 0.6 is 0 Å².